The average Bonchev–Trinajstić information content (AvgIpc) is 1.38. The highest BCUT2D eigenvalue weighted by atomic mass is 14.4. The monoisotopic (exact) mass is 70.1 g/mol. The van der Waals surface area contributed by atoms with Crippen LogP contribution in [0.3, 0.4) is 0 Å². The SMILES string of the molecule is CC(C)[B]N. The Morgan fingerprint density at radius 1 is 1.60 bits per heavy atom. The van der Waals surface area contributed by atoms with Crippen LogP contribution in [-0.4, -0.2) is 7.41 Å². The molecule has 0 aromatic carbocycles. The van der Waals surface area contributed by atoms with E-state index in [4.69, 9.17) is 5.64 Å². The maximum absolute atomic E-state index is 5.05. The van der Waals surface area contributed by atoms with Gasteiger partial charge in [-0.2, -0.15) is 0 Å². The standard InChI is InChI=1S/C3H9BN/c1-3(2)4-5/h3H,5H2,1-2H3. The summed E-state index contributed by atoms with van der Waals surface area (Å²) in [6.07, 6.45) is 0. The Hall–Kier alpha value is 0.0249. The lowest BCUT2D eigenvalue weighted by molar-refractivity contribution is 1.05. The van der Waals surface area contributed by atoms with Crippen molar-refractivity contribution in [1.82, 2.24) is 0 Å². The molecule has 0 aliphatic carbocycles. The summed E-state index contributed by atoms with van der Waals surface area (Å²) in [4.78, 5) is 0. The Kier molecular flexibility index (Phi) is 2.28. The van der Waals surface area contributed by atoms with Crippen molar-refractivity contribution in [2.45, 2.75) is 19.7 Å². The van der Waals surface area contributed by atoms with Gasteiger partial charge in [-0.1, -0.05) is 19.7 Å². The van der Waals surface area contributed by atoms with Crippen LogP contribution in [0.15, 0.2) is 0 Å². The summed E-state index contributed by atoms with van der Waals surface area (Å²) in [7, 11) is 1.67. The second-order valence-electron chi connectivity index (χ2n) is 1.44. The third-order valence-corrected chi connectivity index (χ3v) is 0.385. The Morgan fingerprint density at radius 2 is 1.80 bits per heavy atom. The Bertz CT molecular complexity index is 20.9. The fourth-order valence-corrected chi connectivity index (χ4v) is 0. The van der Waals surface area contributed by atoms with Crippen LogP contribution >= 0.6 is 0 Å². The van der Waals surface area contributed by atoms with Crippen molar-refractivity contribution in [1.29, 1.82) is 0 Å². The minimum atomic E-state index is 0.537. The second kappa shape index (κ2) is 2.27. The van der Waals surface area contributed by atoms with E-state index in [0.717, 1.165) is 0 Å². The lowest BCUT2D eigenvalue weighted by Gasteiger charge is -1.87. The molecule has 0 atom stereocenters. The smallest absolute Gasteiger partial charge is 0.205 e. The topological polar surface area (TPSA) is 26.0 Å². The van der Waals surface area contributed by atoms with Gasteiger partial charge in [0.05, 0.1) is 0 Å². The van der Waals surface area contributed by atoms with Crippen LogP contribution in [-0.2, 0) is 0 Å². The third-order valence-electron chi connectivity index (χ3n) is 0.385. The molecule has 0 bridgehead atoms. The zero-order valence-electron chi connectivity index (χ0n) is 3.73. The van der Waals surface area contributed by atoms with Gasteiger partial charge in [-0.3, -0.25) is 0 Å². The number of rotatable bonds is 1. The van der Waals surface area contributed by atoms with Crippen LogP contribution in [0, 0.1) is 0 Å². The molecule has 1 nitrogen and oxygen atoms in total. The van der Waals surface area contributed by atoms with E-state index in [9.17, 15) is 0 Å². The second-order valence-corrected chi connectivity index (χ2v) is 1.44. The summed E-state index contributed by atoms with van der Waals surface area (Å²) in [5.74, 6) is 0.537. The van der Waals surface area contributed by atoms with Gasteiger partial charge < -0.3 is 5.64 Å². The molecular weight excluding hydrogens is 60.9 g/mol. The van der Waals surface area contributed by atoms with Gasteiger partial charge in [0.15, 0.2) is 0 Å². The molecule has 0 saturated carbocycles. The van der Waals surface area contributed by atoms with E-state index in [1.807, 2.05) is 13.8 Å². The Morgan fingerprint density at radius 3 is 1.80 bits per heavy atom. The first-order valence-corrected chi connectivity index (χ1v) is 1.82. The highest BCUT2D eigenvalue weighted by Gasteiger charge is 1.84. The summed E-state index contributed by atoms with van der Waals surface area (Å²) in [5.41, 5.74) is 5.05. The highest BCUT2D eigenvalue weighted by Crippen LogP contribution is 1.89. The van der Waals surface area contributed by atoms with Gasteiger partial charge in [-0.25, -0.2) is 0 Å². The van der Waals surface area contributed by atoms with E-state index >= 15 is 0 Å². The maximum atomic E-state index is 5.05. The first kappa shape index (κ1) is 5.02. The van der Waals surface area contributed by atoms with E-state index in [1.54, 1.807) is 7.41 Å². The predicted octanol–water partition coefficient (Wildman–Crippen LogP) is 0.393. The van der Waals surface area contributed by atoms with Gasteiger partial charge in [0.25, 0.3) is 0 Å². The van der Waals surface area contributed by atoms with Crippen LogP contribution in [0.25, 0.3) is 0 Å². The molecule has 0 aromatic heterocycles. The van der Waals surface area contributed by atoms with Crippen LogP contribution < -0.4 is 5.64 Å². The van der Waals surface area contributed by atoms with Crippen LogP contribution in [0.2, 0.25) is 5.82 Å². The fraction of sp³-hybridized carbons (Fsp3) is 1.00. The summed E-state index contributed by atoms with van der Waals surface area (Å²) < 4.78 is 0. The van der Waals surface area contributed by atoms with Gasteiger partial charge >= 0.3 is 0 Å². The summed E-state index contributed by atoms with van der Waals surface area (Å²) in [5, 5.41) is 0. The molecule has 0 aromatic rings. The summed E-state index contributed by atoms with van der Waals surface area (Å²) >= 11 is 0. The van der Waals surface area contributed by atoms with E-state index in [-0.39, 0.29) is 0 Å². The van der Waals surface area contributed by atoms with Gasteiger partial charge in [0.1, 0.15) is 0 Å². The molecule has 0 rings (SSSR count). The molecule has 0 fully saturated rings. The van der Waals surface area contributed by atoms with Gasteiger partial charge in [-0.05, 0) is 0 Å². The van der Waals surface area contributed by atoms with Crippen molar-refractivity contribution in [2.24, 2.45) is 5.64 Å². The number of hydrogen-bond donors (Lipinski definition) is 1. The van der Waals surface area contributed by atoms with Crippen LogP contribution in [0.1, 0.15) is 13.8 Å². The normalized spacial score (nSPS) is 8.80. The molecule has 1 radical (unpaired) electrons. The van der Waals surface area contributed by atoms with E-state index < -0.39 is 0 Å². The van der Waals surface area contributed by atoms with Crippen molar-refractivity contribution >= 4 is 7.41 Å². The zero-order valence-corrected chi connectivity index (χ0v) is 3.73. The molecule has 2 heteroatoms. The van der Waals surface area contributed by atoms with Gasteiger partial charge in [0, 0.05) is 0 Å². The molecule has 0 aliphatic rings. The molecule has 0 amide bonds. The molecule has 29 valence electrons. The number of hydrogen-bond acceptors (Lipinski definition) is 1. The largest absolute Gasteiger partial charge is 0.374 e. The predicted molar refractivity (Wildman–Crippen MR) is 25.0 cm³/mol. The van der Waals surface area contributed by atoms with E-state index in [0.29, 0.717) is 5.82 Å². The molecule has 0 saturated heterocycles. The molecule has 0 heterocycles. The van der Waals surface area contributed by atoms with Crippen LogP contribution in [0.5, 0.6) is 0 Å². The minimum Gasteiger partial charge on any atom is -0.374 e. The van der Waals surface area contributed by atoms with Crippen molar-refractivity contribution in [2.75, 3.05) is 0 Å². The zero-order chi connectivity index (χ0) is 4.28. The molecule has 0 unspecified atom stereocenters. The summed E-state index contributed by atoms with van der Waals surface area (Å²) in [6.45, 7) is 4.08. The average molecular weight is 69.9 g/mol. The van der Waals surface area contributed by atoms with Crippen LogP contribution in [0.4, 0.5) is 0 Å². The van der Waals surface area contributed by atoms with Gasteiger partial charge in [0.2, 0.25) is 7.41 Å². The molecule has 0 spiro atoms. The first-order chi connectivity index (χ1) is 2.27. The molecule has 0 aliphatic heterocycles. The van der Waals surface area contributed by atoms with Gasteiger partial charge in [-0.15, -0.1) is 0 Å². The van der Waals surface area contributed by atoms with Crippen molar-refractivity contribution in [3.05, 3.63) is 0 Å². The first-order valence-electron chi connectivity index (χ1n) is 1.82. The lowest BCUT2D eigenvalue weighted by Crippen LogP contribution is -2.06. The fourth-order valence-electron chi connectivity index (χ4n) is 0. The Labute approximate surface area is 33.8 Å². The van der Waals surface area contributed by atoms with Crippen molar-refractivity contribution in [3.63, 3.8) is 0 Å². The van der Waals surface area contributed by atoms with E-state index in [2.05, 4.69) is 0 Å². The van der Waals surface area contributed by atoms with Crippen molar-refractivity contribution in [3.8, 4) is 0 Å². The molecule has 5 heavy (non-hydrogen) atoms. The van der Waals surface area contributed by atoms with Crippen molar-refractivity contribution < 1.29 is 0 Å². The molecular formula is C3H9BN. The minimum absolute atomic E-state index is 0.537. The Balaban J connectivity index is 2.54. The number of nitrogens with two attached hydrogens (primary N) is 1. The van der Waals surface area contributed by atoms with E-state index in [1.165, 1.54) is 0 Å². The highest BCUT2D eigenvalue weighted by molar-refractivity contribution is 6.32. The summed E-state index contributed by atoms with van der Waals surface area (Å²) in [6, 6.07) is 0. The quantitative estimate of drug-likeness (QED) is 0.444. The molecule has 2 N–H and O–H groups in total. The maximum Gasteiger partial charge on any atom is 0.205 e. The third kappa shape index (κ3) is 4.02. The lowest BCUT2D eigenvalue weighted by atomic mass is 9.81.